The Morgan fingerprint density at radius 1 is 0.882 bits per heavy atom. The molecule has 5 rings (SSSR count). The molecular formula is C26H23N3O3S2. The number of carbonyl (C=O) groups is 1. The van der Waals surface area contributed by atoms with Gasteiger partial charge in [0.15, 0.2) is 9.84 Å². The molecule has 3 aromatic carbocycles. The summed E-state index contributed by atoms with van der Waals surface area (Å²) in [5.74, 6) is 0.0939. The molecular weight excluding hydrogens is 466 g/mol. The maximum Gasteiger partial charge on any atom is 0.237 e. The van der Waals surface area contributed by atoms with Gasteiger partial charge in [0.05, 0.1) is 23.3 Å². The Kier molecular flexibility index (Phi) is 6.34. The van der Waals surface area contributed by atoms with Gasteiger partial charge in [0, 0.05) is 22.0 Å². The molecule has 8 heteroatoms. The number of rotatable bonds is 6. The van der Waals surface area contributed by atoms with Crippen LogP contribution in [0.2, 0.25) is 0 Å². The van der Waals surface area contributed by atoms with E-state index in [-0.39, 0.29) is 29.2 Å². The minimum absolute atomic E-state index is 0.00713. The van der Waals surface area contributed by atoms with E-state index in [4.69, 9.17) is 0 Å². The van der Waals surface area contributed by atoms with Gasteiger partial charge in [0.1, 0.15) is 10.7 Å². The number of hydrogen-bond donors (Lipinski definition) is 0. The summed E-state index contributed by atoms with van der Waals surface area (Å²) in [6.07, 6.45) is 0.447. The number of thioether (sulfide) groups is 1. The SMILES string of the molecule is O=C(CSc1nnc(-c2ccccc2)c2ccccc12)N(c1ccccc1)[C@H]1CCS(=O)(=O)C1. The molecule has 1 aliphatic rings. The smallest absolute Gasteiger partial charge is 0.237 e. The van der Waals surface area contributed by atoms with E-state index in [0.29, 0.717) is 17.1 Å². The highest BCUT2D eigenvalue weighted by Gasteiger charge is 2.35. The minimum atomic E-state index is -3.13. The molecule has 0 unspecified atom stereocenters. The van der Waals surface area contributed by atoms with Crippen molar-refractivity contribution in [2.45, 2.75) is 17.5 Å². The first-order valence-electron chi connectivity index (χ1n) is 11.0. The van der Waals surface area contributed by atoms with Crippen molar-refractivity contribution in [3.8, 4) is 11.3 Å². The second-order valence-corrected chi connectivity index (χ2v) is 11.4. The Labute approximate surface area is 202 Å². The molecule has 2 heterocycles. The first kappa shape index (κ1) is 22.6. The second-order valence-electron chi connectivity index (χ2n) is 8.21. The van der Waals surface area contributed by atoms with Crippen LogP contribution in [0.25, 0.3) is 22.0 Å². The van der Waals surface area contributed by atoms with Gasteiger partial charge in [-0.3, -0.25) is 4.79 Å². The lowest BCUT2D eigenvalue weighted by Crippen LogP contribution is -2.42. The van der Waals surface area contributed by atoms with Crippen molar-refractivity contribution in [2.75, 3.05) is 22.2 Å². The highest BCUT2D eigenvalue weighted by atomic mass is 32.2. The lowest BCUT2D eigenvalue weighted by atomic mass is 10.1. The van der Waals surface area contributed by atoms with Gasteiger partial charge < -0.3 is 4.90 Å². The molecule has 1 fully saturated rings. The molecule has 6 nitrogen and oxygen atoms in total. The highest BCUT2D eigenvalue weighted by Crippen LogP contribution is 2.32. The molecule has 1 amide bonds. The van der Waals surface area contributed by atoms with Crippen LogP contribution in [0, 0.1) is 0 Å². The van der Waals surface area contributed by atoms with Crippen molar-refractivity contribution < 1.29 is 13.2 Å². The fourth-order valence-corrected chi connectivity index (χ4v) is 6.85. The van der Waals surface area contributed by atoms with Crippen LogP contribution in [0.4, 0.5) is 5.69 Å². The van der Waals surface area contributed by atoms with Crippen LogP contribution in [-0.4, -0.2) is 47.8 Å². The van der Waals surface area contributed by atoms with Crippen molar-refractivity contribution in [3.63, 3.8) is 0 Å². The number of aromatic nitrogens is 2. The number of carbonyl (C=O) groups excluding carboxylic acids is 1. The summed E-state index contributed by atoms with van der Waals surface area (Å²) in [6, 6.07) is 26.7. The van der Waals surface area contributed by atoms with Crippen LogP contribution in [-0.2, 0) is 14.6 Å². The molecule has 0 bridgehead atoms. The van der Waals surface area contributed by atoms with Crippen molar-refractivity contribution in [2.24, 2.45) is 0 Å². The number of sulfone groups is 1. The van der Waals surface area contributed by atoms with Gasteiger partial charge in [0.2, 0.25) is 5.91 Å². The molecule has 0 saturated carbocycles. The van der Waals surface area contributed by atoms with E-state index in [1.54, 1.807) is 4.90 Å². The Morgan fingerprint density at radius 3 is 2.21 bits per heavy atom. The lowest BCUT2D eigenvalue weighted by Gasteiger charge is -2.28. The van der Waals surface area contributed by atoms with Crippen LogP contribution < -0.4 is 4.90 Å². The fourth-order valence-electron chi connectivity index (χ4n) is 4.32. The van der Waals surface area contributed by atoms with Crippen molar-refractivity contribution in [1.29, 1.82) is 0 Å². The van der Waals surface area contributed by atoms with Crippen LogP contribution in [0.15, 0.2) is 90.0 Å². The maximum absolute atomic E-state index is 13.4. The first-order chi connectivity index (χ1) is 16.5. The van der Waals surface area contributed by atoms with Crippen LogP contribution in [0.1, 0.15) is 6.42 Å². The van der Waals surface area contributed by atoms with Gasteiger partial charge in [-0.1, -0.05) is 84.6 Å². The quantitative estimate of drug-likeness (QED) is 0.368. The minimum Gasteiger partial charge on any atom is -0.308 e. The standard InChI is InChI=1S/C26H23N3O3S2/c30-24(29(20-11-5-2-6-12-20)21-15-16-34(31,32)18-21)17-33-26-23-14-8-7-13-22(23)25(27-28-26)19-9-3-1-4-10-19/h1-14,21H,15-18H2/t21-/m0/s1. The molecule has 0 spiro atoms. The van der Waals surface area contributed by atoms with E-state index in [0.717, 1.165) is 22.0 Å². The molecule has 1 aromatic heterocycles. The van der Waals surface area contributed by atoms with Gasteiger partial charge in [-0.2, -0.15) is 0 Å². The third-order valence-electron chi connectivity index (χ3n) is 5.91. The molecule has 4 aromatic rings. The van der Waals surface area contributed by atoms with Gasteiger partial charge in [-0.25, -0.2) is 8.42 Å². The summed E-state index contributed by atoms with van der Waals surface area (Å²) >= 11 is 1.33. The molecule has 172 valence electrons. The summed E-state index contributed by atoms with van der Waals surface area (Å²) in [5, 5.41) is 11.5. The van der Waals surface area contributed by atoms with Crippen molar-refractivity contribution in [1.82, 2.24) is 10.2 Å². The summed E-state index contributed by atoms with van der Waals surface area (Å²) in [4.78, 5) is 15.0. The predicted octanol–water partition coefficient (Wildman–Crippen LogP) is 4.61. The number of nitrogens with zero attached hydrogens (tertiary/aromatic N) is 3. The third-order valence-corrected chi connectivity index (χ3v) is 8.63. The van der Waals surface area contributed by atoms with E-state index in [1.165, 1.54) is 11.8 Å². The largest absolute Gasteiger partial charge is 0.308 e. The number of anilines is 1. The molecule has 34 heavy (non-hydrogen) atoms. The van der Waals surface area contributed by atoms with Gasteiger partial charge in [-0.05, 0) is 18.6 Å². The third kappa shape index (κ3) is 4.69. The van der Waals surface area contributed by atoms with Crippen molar-refractivity contribution in [3.05, 3.63) is 84.9 Å². The fraction of sp³-hybridized carbons (Fsp3) is 0.192. The number of para-hydroxylation sites is 1. The zero-order valence-corrected chi connectivity index (χ0v) is 20.0. The Balaban J connectivity index is 1.42. The summed E-state index contributed by atoms with van der Waals surface area (Å²) in [7, 11) is -3.13. The number of fused-ring (bicyclic) bond motifs is 1. The zero-order valence-electron chi connectivity index (χ0n) is 18.4. The molecule has 1 aliphatic heterocycles. The molecule has 0 radical (unpaired) electrons. The van der Waals surface area contributed by atoms with E-state index in [1.807, 2.05) is 84.9 Å². The van der Waals surface area contributed by atoms with E-state index in [9.17, 15) is 13.2 Å². The Hall–Kier alpha value is -3.23. The average molecular weight is 490 g/mol. The molecule has 1 saturated heterocycles. The van der Waals surface area contributed by atoms with Crippen LogP contribution >= 0.6 is 11.8 Å². The maximum atomic E-state index is 13.4. The summed E-state index contributed by atoms with van der Waals surface area (Å²) in [5.41, 5.74) is 2.50. The number of benzene rings is 3. The number of hydrogen-bond acceptors (Lipinski definition) is 6. The predicted molar refractivity (Wildman–Crippen MR) is 137 cm³/mol. The van der Waals surface area contributed by atoms with Crippen LogP contribution in [0.3, 0.4) is 0 Å². The molecule has 0 N–H and O–H groups in total. The normalized spacial score (nSPS) is 17.0. The summed E-state index contributed by atoms with van der Waals surface area (Å²) < 4.78 is 24.2. The zero-order chi connectivity index (χ0) is 23.5. The highest BCUT2D eigenvalue weighted by molar-refractivity contribution is 8.00. The van der Waals surface area contributed by atoms with E-state index < -0.39 is 9.84 Å². The van der Waals surface area contributed by atoms with E-state index >= 15 is 0 Å². The van der Waals surface area contributed by atoms with Crippen LogP contribution in [0.5, 0.6) is 0 Å². The lowest BCUT2D eigenvalue weighted by molar-refractivity contribution is -0.116. The van der Waals surface area contributed by atoms with Crippen molar-refractivity contribution >= 4 is 44.0 Å². The van der Waals surface area contributed by atoms with Gasteiger partial charge >= 0.3 is 0 Å². The van der Waals surface area contributed by atoms with E-state index in [2.05, 4.69) is 10.2 Å². The van der Waals surface area contributed by atoms with Gasteiger partial charge in [0.25, 0.3) is 0 Å². The summed E-state index contributed by atoms with van der Waals surface area (Å²) in [6.45, 7) is 0. The second kappa shape index (κ2) is 9.56. The average Bonchev–Trinajstić information content (AvgIpc) is 3.22. The first-order valence-corrected chi connectivity index (χ1v) is 13.8. The topological polar surface area (TPSA) is 80.2 Å². The van der Waals surface area contributed by atoms with Gasteiger partial charge in [-0.15, -0.1) is 10.2 Å². The monoisotopic (exact) mass is 489 g/mol. The molecule has 0 aliphatic carbocycles. The molecule has 1 atom stereocenters. The Morgan fingerprint density at radius 2 is 1.53 bits per heavy atom. The number of amides is 1. The Bertz CT molecular complexity index is 1430.